The number of carbonyl (C=O) groups is 1. The molecule has 0 radical (unpaired) electrons. The van der Waals surface area contributed by atoms with Gasteiger partial charge in [0.05, 0.1) is 12.6 Å². The maximum absolute atomic E-state index is 12.0. The van der Waals surface area contributed by atoms with Crippen LogP contribution in [0, 0.1) is 6.92 Å². The molecule has 0 aromatic heterocycles. The van der Waals surface area contributed by atoms with E-state index < -0.39 is 0 Å². The van der Waals surface area contributed by atoms with Crippen molar-refractivity contribution >= 4 is 11.6 Å². The van der Waals surface area contributed by atoms with Crippen LogP contribution in [0.5, 0.6) is 0 Å². The SMILES string of the molecule is Cc1ccc(NC(=O)CN(C)C[C@@H]2CCCCO2)cc1. The average molecular weight is 276 g/mol. The summed E-state index contributed by atoms with van der Waals surface area (Å²) in [5.74, 6) is 0.0205. The molecule has 1 aromatic carbocycles. The molecule has 1 aromatic rings. The fraction of sp³-hybridized carbons (Fsp3) is 0.562. The van der Waals surface area contributed by atoms with Gasteiger partial charge in [0.25, 0.3) is 0 Å². The number of hydrogen-bond acceptors (Lipinski definition) is 3. The van der Waals surface area contributed by atoms with Crippen LogP contribution >= 0.6 is 0 Å². The fourth-order valence-corrected chi connectivity index (χ4v) is 2.45. The number of nitrogens with one attached hydrogen (secondary N) is 1. The highest BCUT2D eigenvalue weighted by atomic mass is 16.5. The number of nitrogens with zero attached hydrogens (tertiary/aromatic N) is 1. The van der Waals surface area contributed by atoms with Crippen molar-refractivity contribution in [3.05, 3.63) is 29.8 Å². The number of likely N-dealkylation sites (N-methyl/N-ethyl adjacent to an activating group) is 1. The predicted molar refractivity (Wildman–Crippen MR) is 80.9 cm³/mol. The van der Waals surface area contributed by atoms with Crippen molar-refractivity contribution < 1.29 is 9.53 Å². The van der Waals surface area contributed by atoms with E-state index in [0.717, 1.165) is 31.7 Å². The number of benzene rings is 1. The first-order valence-electron chi connectivity index (χ1n) is 7.30. The highest BCUT2D eigenvalue weighted by Crippen LogP contribution is 2.13. The van der Waals surface area contributed by atoms with Gasteiger partial charge in [-0.2, -0.15) is 0 Å². The number of anilines is 1. The van der Waals surface area contributed by atoms with Gasteiger partial charge in [-0.3, -0.25) is 9.69 Å². The standard InChI is InChI=1S/C16H24N2O2/c1-13-6-8-14(9-7-13)17-16(19)12-18(2)11-15-5-3-4-10-20-15/h6-9,15H,3-5,10-12H2,1-2H3,(H,17,19)/t15-/m0/s1. The van der Waals surface area contributed by atoms with Gasteiger partial charge in [0.1, 0.15) is 0 Å². The van der Waals surface area contributed by atoms with Gasteiger partial charge in [-0.15, -0.1) is 0 Å². The lowest BCUT2D eigenvalue weighted by Gasteiger charge is -2.27. The van der Waals surface area contributed by atoms with Gasteiger partial charge in [0.15, 0.2) is 0 Å². The summed E-state index contributed by atoms with van der Waals surface area (Å²) in [7, 11) is 1.96. The van der Waals surface area contributed by atoms with Crippen LogP contribution in [0.25, 0.3) is 0 Å². The Morgan fingerprint density at radius 1 is 1.35 bits per heavy atom. The molecule has 2 rings (SSSR count). The summed E-state index contributed by atoms with van der Waals surface area (Å²) in [6, 6.07) is 7.85. The predicted octanol–water partition coefficient (Wildman–Crippen LogP) is 2.43. The Morgan fingerprint density at radius 3 is 2.75 bits per heavy atom. The summed E-state index contributed by atoms with van der Waals surface area (Å²) >= 11 is 0. The normalized spacial score (nSPS) is 19.1. The van der Waals surface area contributed by atoms with E-state index in [-0.39, 0.29) is 12.0 Å². The summed E-state index contributed by atoms with van der Waals surface area (Å²) < 4.78 is 5.69. The van der Waals surface area contributed by atoms with Crippen LogP contribution in [0.15, 0.2) is 24.3 Å². The van der Waals surface area contributed by atoms with E-state index >= 15 is 0 Å². The lowest BCUT2D eigenvalue weighted by molar-refractivity contribution is -0.117. The van der Waals surface area contributed by atoms with E-state index in [1.165, 1.54) is 12.0 Å². The minimum Gasteiger partial charge on any atom is -0.377 e. The molecule has 1 aliphatic heterocycles. The molecule has 1 N–H and O–H groups in total. The Morgan fingerprint density at radius 2 is 2.10 bits per heavy atom. The summed E-state index contributed by atoms with van der Waals surface area (Å²) in [5, 5.41) is 2.92. The van der Waals surface area contributed by atoms with Crippen LogP contribution in [0.3, 0.4) is 0 Å². The van der Waals surface area contributed by atoms with Crippen molar-refractivity contribution in [2.45, 2.75) is 32.3 Å². The minimum absolute atomic E-state index is 0.0205. The molecule has 20 heavy (non-hydrogen) atoms. The van der Waals surface area contributed by atoms with Crippen molar-refractivity contribution in [2.24, 2.45) is 0 Å². The lowest BCUT2D eigenvalue weighted by atomic mass is 10.1. The second-order valence-electron chi connectivity index (χ2n) is 5.60. The van der Waals surface area contributed by atoms with Gasteiger partial charge in [0.2, 0.25) is 5.91 Å². The van der Waals surface area contributed by atoms with Crippen LogP contribution < -0.4 is 5.32 Å². The van der Waals surface area contributed by atoms with Gasteiger partial charge in [-0.25, -0.2) is 0 Å². The molecule has 4 heteroatoms. The smallest absolute Gasteiger partial charge is 0.238 e. The molecule has 1 saturated heterocycles. The second-order valence-corrected chi connectivity index (χ2v) is 5.60. The van der Waals surface area contributed by atoms with Crippen LogP contribution in [-0.4, -0.2) is 43.7 Å². The topological polar surface area (TPSA) is 41.6 Å². The van der Waals surface area contributed by atoms with Gasteiger partial charge in [0, 0.05) is 18.8 Å². The van der Waals surface area contributed by atoms with E-state index in [0.29, 0.717) is 6.54 Å². The van der Waals surface area contributed by atoms with E-state index in [2.05, 4.69) is 5.32 Å². The molecule has 110 valence electrons. The summed E-state index contributed by atoms with van der Waals surface area (Å²) in [6.07, 6.45) is 3.77. The number of hydrogen-bond donors (Lipinski definition) is 1. The Bertz CT molecular complexity index is 425. The zero-order valence-corrected chi connectivity index (χ0v) is 12.4. The van der Waals surface area contributed by atoms with Crippen LogP contribution in [0.4, 0.5) is 5.69 Å². The van der Waals surface area contributed by atoms with Crippen molar-refractivity contribution in [1.82, 2.24) is 4.90 Å². The minimum atomic E-state index is 0.0205. The first-order valence-corrected chi connectivity index (χ1v) is 7.30. The second kappa shape index (κ2) is 7.41. The molecule has 1 atom stereocenters. The molecule has 1 aliphatic rings. The van der Waals surface area contributed by atoms with E-state index in [1.54, 1.807) is 0 Å². The molecule has 0 saturated carbocycles. The van der Waals surface area contributed by atoms with Crippen molar-refractivity contribution in [2.75, 3.05) is 32.1 Å². The van der Waals surface area contributed by atoms with Gasteiger partial charge >= 0.3 is 0 Å². The van der Waals surface area contributed by atoms with Gasteiger partial charge < -0.3 is 10.1 Å². The third-order valence-electron chi connectivity index (χ3n) is 3.54. The number of rotatable bonds is 5. The van der Waals surface area contributed by atoms with Crippen LogP contribution in [-0.2, 0) is 9.53 Å². The number of amides is 1. The molecule has 1 heterocycles. The molecular weight excluding hydrogens is 252 g/mol. The highest BCUT2D eigenvalue weighted by Gasteiger charge is 2.17. The number of aryl methyl sites for hydroxylation is 1. The molecule has 0 unspecified atom stereocenters. The van der Waals surface area contributed by atoms with E-state index in [1.807, 2.05) is 43.1 Å². The van der Waals surface area contributed by atoms with Crippen LogP contribution in [0.2, 0.25) is 0 Å². The van der Waals surface area contributed by atoms with Crippen molar-refractivity contribution in [3.8, 4) is 0 Å². The van der Waals surface area contributed by atoms with Crippen LogP contribution in [0.1, 0.15) is 24.8 Å². The first kappa shape index (κ1) is 15.0. The number of carbonyl (C=O) groups excluding carboxylic acids is 1. The summed E-state index contributed by atoms with van der Waals surface area (Å²) in [4.78, 5) is 14.0. The molecule has 0 bridgehead atoms. The molecule has 1 amide bonds. The first-order chi connectivity index (χ1) is 9.63. The highest BCUT2D eigenvalue weighted by molar-refractivity contribution is 5.92. The molecular formula is C16H24N2O2. The molecule has 0 spiro atoms. The Kier molecular flexibility index (Phi) is 5.56. The Balaban J connectivity index is 1.74. The van der Waals surface area contributed by atoms with E-state index in [4.69, 9.17) is 4.74 Å². The molecule has 4 nitrogen and oxygen atoms in total. The third kappa shape index (κ3) is 4.94. The third-order valence-corrected chi connectivity index (χ3v) is 3.54. The fourth-order valence-electron chi connectivity index (χ4n) is 2.45. The maximum Gasteiger partial charge on any atom is 0.238 e. The Hall–Kier alpha value is -1.39. The monoisotopic (exact) mass is 276 g/mol. The van der Waals surface area contributed by atoms with Gasteiger partial charge in [-0.05, 0) is 45.4 Å². The Labute approximate surface area is 121 Å². The maximum atomic E-state index is 12.0. The summed E-state index contributed by atoms with van der Waals surface area (Å²) in [6.45, 7) is 4.10. The molecule has 0 aliphatic carbocycles. The number of ether oxygens (including phenoxy) is 1. The van der Waals surface area contributed by atoms with Crippen molar-refractivity contribution in [3.63, 3.8) is 0 Å². The zero-order valence-electron chi connectivity index (χ0n) is 12.4. The van der Waals surface area contributed by atoms with Gasteiger partial charge in [-0.1, -0.05) is 17.7 Å². The van der Waals surface area contributed by atoms with E-state index in [9.17, 15) is 4.79 Å². The quantitative estimate of drug-likeness (QED) is 0.898. The molecule has 1 fully saturated rings. The largest absolute Gasteiger partial charge is 0.377 e. The summed E-state index contributed by atoms with van der Waals surface area (Å²) in [5.41, 5.74) is 2.04. The lowest BCUT2D eigenvalue weighted by Crippen LogP contribution is -2.37. The van der Waals surface area contributed by atoms with Crippen molar-refractivity contribution in [1.29, 1.82) is 0 Å². The average Bonchev–Trinajstić information content (AvgIpc) is 2.42. The zero-order chi connectivity index (χ0) is 14.4.